The van der Waals surface area contributed by atoms with Crippen molar-refractivity contribution in [1.29, 1.82) is 0 Å². The van der Waals surface area contributed by atoms with Crippen LogP contribution in [0.1, 0.15) is 37.0 Å². The molecule has 0 N–H and O–H groups in total. The minimum atomic E-state index is -0.149. The molecule has 1 aromatic rings. The zero-order valence-corrected chi connectivity index (χ0v) is 14.4. The lowest BCUT2D eigenvalue weighted by atomic mass is 9.96. The first-order valence-corrected chi connectivity index (χ1v) is 8.34. The molecule has 0 aliphatic carbocycles. The van der Waals surface area contributed by atoms with Crippen LogP contribution in [0.5, 0.6) is 5.75 Å². The van der Waals surface area contributed by atoms with Crippen LogP contribution in [0.4, 0.5) is 0 Å². The van der Waals surface area contributed by atoms with E-state index in [1.54, 1.807) is 36.1 Å². The van der Waals surface area contributed by atoms with Crippen molar-refractivity contribution < 1.29 is 19.1 Å². The molecule has 5 nitrogen and oxygen atoms in total. The number of carbonyl (C=O) groups excluding carboxylic acids is 2. The maximum Gasteiger partial charge on any atom is 0.309 e. The molecular formula is C19H25NO4. The standard InChI is InChI=1S/C19H25NO4/c1-4-23-19(22)16-9-11-20(12-10-16)18(21)15-5-7-17(8-6-15)24-13-14(2)3/h5-8,16H,2,4,9-13H2,1,3H3. The molecule has 1 aliphatic heterocycles. The largest absolute Gasteiger partial charge is 0.489 e. The number of benzene rings is 1. The molecule has 0 unspecified atom stereocenters. The highest BCUT2D eigenvalue weighted by Gasteiger charge is 2.28. The topological polar surface area (TPSA) is 55.8 Å². The Morgan fingerprint density at radius 3 is 2.38 bits per heavy atom. The number of amides is 1. The number of likely N-dealkylation sites (tertiary alicyclic amines) is 1. The van der Waals surface area contributed by atoms with Crippen LogP contribution < -0.4 is 4.74 Å². The lowest BCUT2D eigenvalue weighted by molar-refractivity contribution is -0.149. The van der Waals surface area contributed by atoms with Crippen molar-refractivity contribution in [3.63, 3.8) is 0 Å². The van der Waals surface area contributed by atoms with Crippen LogP contribution >= 0.6 is 0 Å². The minimum Gasteiger partial charge on any atom is -0.489 e. The summed E-state index contributed by atoms with van der Waals surface area (Å²) in [6.07, 6.45) is 1.31. The van der Waals surface area contributed by atoms with Gasteiger partial charge in [-0.2, -0.15) is 0 Å². The predicted octanol–water partition coefficient (Wildman–Crippen LogP) is 3.06. The van der Waals surface area contributed by atoms with Gasteiger partial charge in [-0.15, -0.1) is 0 Å². The first-order valence-electron chi connectivity index (χ1n) is 8.34. The summed E-state index contributed by atoms with van der Waals surface area (Å²) in [4.78, 5) is 26.1. The fraction of sp³-hybridized carbons (Fsp3) is 0.474. The molecular weight excluding hydrogens is 306 g/mol. The molecule has 2 rings (SSSR count). The Bertz CT molecular complexity index is 586. The number of rotatable bonds is 6. The minimum absolute atomic E-state index is 0.0104. The molecule has 130 valence electrons. The summed E-state index contributed by atoms with van der Waals surface area (Å²) in [6.45, 7) is 9.52. The fourth-order valence-electron chi connectivity index (χ4n) is 2.66. The Balaban J connectivity index is 1.88. The molecule has 1 fully saturated rings. The van der Waals surface area contributed by atoms with Crippen LogP contribution in [-0.2, 0) is 9.53 Å². The Kier molecular flexibility index (Phi) is 6.41. The van der Waals surface area contributed by atoms with Gasteiger partial charge in [-0.3, -0.25) is 9.59 Å². The number of piperidine rings is 1. The second-order valence-corrected chi connectivity index (χ2v) is 6.09. The average Bonchev–Trinajstić information content (AvgIpc) is 2.60. The van der Waals surface area contributed by atoms with E-state index in [2.05, 4.69) is 6.58 Å². The molecule has 0 aromatic heterocycles. The summed E-state index contributed by atoms with van der Waals surface area (Å²) in [5, 5.41) is 0. The van der Waals surface area contributed by atoms with Crippen LogP contribution in [0.25, 0.3) is 0 Å². The third-order valence-electron chi connectivity index (χ3n) is 3.99. The van der Waals surface area contributed by atoms with Gasteiger partial charge >= 0.3 is 5.97 Å². The van der Waals surface area contributed by atoms with Crippen LogP contribution in [0.3, 0.4) is 0 Å². The van der Waals surface area contributed by atoms with Gasteiger partial charge in [0, 0.05) is 18.7 Å². The van der Waals surface area contributed by atoms with Crippen molar-refractivity contribution in [1.82, 2.24) is 4.90 Å². The van der Waals surface area contributed by atoms with E-state index in [1.807, 2.05) is 6.92 Å². The number of nitrogens with zero attached hydrogens (tertiary/aromatic N) is 1. The Hall–Kier alpha value is -2.30. The van der Waals surface area contributed by atoms with Crippen LogP contribution in [0.15, 0.2) is 36.4 Å². The van der Waals surface area contributed by atoms with E-state index < -0.39 is 0 Å². The molecule has 1 aliphatic rings. The lowest BCUT2D eigenvalue weighted by Gasteiger charge is -2.31. The first-order chi connectivity index (χ1) is 11.5. The Labute approximate surface area is 143 Å². The van der Waals surface area contributed by atoms with Crippen LogP contribution in [0, 0.1) is 5.92 Å². The SMILES string of the molecule is C=C(C)COc1ccc(C(=O)N2CCC(C(=O)OCC)CC2)cc1. The molecule has 5 heteroatoms. The fourth-order valence-corrected chi connectivity index (χ4v) is 2.66. The third kappa shape index (κ3) is 4.85. The summed E-state index contributed by atoms with van der Waals surface area (Å²) in [7, 11) is 0. The van der Waals surface area contributed by atoms with Gasteiger partial charge in [0.25, 0.3) is 5.91 Å². The molecule has 1 heterocycles. The van der Waals surface area contributed by atoms with E-state index >= 15 is 0 Å². The first kappa shape index (κ1) is 18.0. The van der Waals surface area contributed by atoms with Crippen molar-refractivity contribution in [3.8, 4) is 5.75 Å². The van der Waals surface area contributed by atoms with Gasteiger partial charge in [-0.05, 0) is 56.5 Å². The average molecular weight is 331 g/mol. The van der Waals surface area contributed by atoms with E-state index in [-0.39, 0.29) is 17.8 Å². The molecule has 0 spiro atoms. The third-order valence-corrected chi connectivity index (χ3v) is 3.99. The van der Waals surface area contributed by atoms with Crippen molar-refractivity contribution >= 4 is 11.9 Å². The monoisotopic (exact) mass is 331 g/mol. The molecule has 1 aromatic carbocycles. The number of carbonyl (C=O) groups is 2. The number of hydrogen-bond acceptors (Lipinski definition) is 4. The van der Waals surface area contributed by atoms with E-state index in [0.717, 1.165) is 11.3 Å². The van der Waals surface area contributed by atoms with Gasteiger partial charge in [-0.1, -0.05) is 6.58 Å². The summed E-state index contributed by atoms with van der Waals surface area (Å²) in [5.74, 6) is 0.467. The van der Waals surface area contributed by atoms with E-state index in [0.29, 0.717) is 44.7 Å². The van der Waals surface area contributed by atoms with Crippen molar-refractivity contribution in [3.05, 3.63) is 42.0 Å². The normalized spacial score (nSPS) is 15.0. The summed E-state index contributed by atoms with van der Waals surface area (Å²) in [6, 6.07) is 7.13. The van der Waals surface area contributed by atoms with Gasteiger partial charge in [0.15, 0.2) is 0 Å². The number of hydrogen-bond donors (Lipinski definition) is 0. The van der Waals surface area contributed by atoms with Crippen molar-refractivity contribution in [2.24, 2.45) is 5.92 Å². The molecule has 1 saturated heterocycles. The maximum atomic E-state index is 12.5. The highest BCUT2D eigenvalue weighted by atomic mass is 16.5. The van der Waals surface area contributed by atoms with E-state index in [9.17, 15) is 9.59 Å². The predicted molar refractivity (Wildman–Crippen MR) is 92.0 cm³/mol. The van der Waals surface area contributed by atoms with Crippen molar-refractivity contribution in [2.45, 2.75) is 26.7 Å². The lowest BCUT2D eigenvalue weighted by Crippen LogP contribution is -2.40. The summed E-state index contributed by atoms with van der Waals surface area (Å²) >= 11 is 0. The molecule has 0 radical (unpaired) electrons. The number of ether oxygens (including phenoxy) is 2. The molecule has 24 heavy (non-hydrogen) atoms. The van der Waals surface area contributed by atoms with E-state index in [4.69, 9.17) is 9.47 Å². The Morgan fingerprint density at radius 1 is 1.21 bits per heavy atom. The summed E-state index contributed by atoms with van der Waals surface area (Å²) in [5.41, 5.74) is 1.58. The van der Waals surface area contributed by atoms with Gasteiger partial charge in [-0.25, -0.2) is 0 Å². The summed E-state index contributed by atoms with van der Waals surface area (Å²) < 4.78 is 10.6. The van der Waals surface area contributed by atoms with Gasteiger partial charge < -0.3 is 14.4 Å². The maximum absolute atomic E-state index is 12.5. The number of esters is 1. The second kappa shape index (κ2) is 8.52. The zero-order chi connectivity index (χ0) is 17.5. The van der Waals surface area contributed by atoms with Crippen LogP contribution in [-0.4, -0.2) is 43.1 Å². The smallest absolute Gasteiger partial charge is 0.309 e. The molecule has 0 bridgehead atoms. The highest BCUT2D eigenvalue weighted by molar-refractivity contribution is 5.94. The van der Waals surface area contributed by atoms with E-state index in [1.165, 1.54) is 0 Å². The quantitative estimate of drug-likeness (QED) is 0.594. The molecule has 0 atom stereocenters. The molecule has 1 amide bonds. The van der Waals surface area contributed by atoms with Crippen molar-refractivity contribution in [2.75, 3.05) is 26.3 Å². The highest BCUT2D eigenvalue weighted by Crippen LogP contribution is 2.21. The van der Waals surface area contributed by atoms with Crippen LogP contribution in [0.2, 0.25) is 0 Å². The van der Waals surface area contributed by atoms with Gasteiger partial charge in [0.2, 0.25) is 0 Å². The van der Waals surface area contributed by atoms with Gasteiger partial charge in [0.1, 0.15) is 12.4 Å². The zero-order valence-electron chi connectivity index (χ0n) is 14.4. The van der Waals surface area contributed by atoms with Gasteiger partial charge in [0.05, 0.1) is 12.5 Å². The molecule has 0 saturated carbocycles. The Morgan fingerprint density at radius 2 is 1.83 bits per heavy atom. The second-order valence-electron chi connectivity index (χ2n) is 6.09.